The fourth-order valence-corrected chi connectivity index (χ4v) is 2.75. The largest absolute Gasteiger partial charge is 0.411 e. The molecule has 0 spiro atoms. The molecule has 0 atom stereocenters. The number of ether oxygens (including phenoxy) is 1. The van der Waals surface area contributed by atoms with E-state index in [9.17, 15) is 13.2 Å². The molecule has 0 aliphatic rings. The summed E-state index contributed by atoms with van der Waals surface area (Å²) in [6.45, 7) is -0.404. The molecule has 31 heavy (non-hydrogen) atoms. The van der Waals surface area contributed by atoms with Crippen molar-refractivity contribution in [1.82, 2.24) is 15.8 Å². The maximum atomic E-state index is 12.1. The van der Waals surface area contributed by atoms with Gasteiger partial charge in [-0.05, 0) is 11.1 Å². The maximum Gasteiger partial charge on any atom is 0.411 e. The van der Waals surface area contributed by atoms with Crippen molar-refractivity contribution in [2.24, 2.45) is 4.99 Å². The average Bonchev–Trinajstić information content (AvgIpc) is 3.24. The second-order valence-electron chi connectivity index (χ2n) is 6.75. The van der Waals surface area contributed by atoms with E-state index in [1.54, 1.807) is 19.2 Å². The molecule has 0 unspecified atom stereocenters. The minimum Gasteiger partial charge on any atom is -0.367 e. The third-order valence-corrected chi connectivity index (χ3v) is 4.30. The molecule has 0 radical (unpaired) electrons. The zero-order valence-electron chi connectivity index (χ0n) is 16.9. The Kier molecular flexibility index (Phi) is 7.66. The summed E-state index contributed by atoms with van der Waals surface area (Å²) in [7, 11) is 1.66. The Morgan fingerprint density at radius 2 is 1.68 bits per heavy atom. The van der Waals surface area contributed by atoms with Crippen LogP contribution in [-0.2, 0) is 24.4 Å². The molecule has 0 aliphatic heterocycles. The fraction of sp³-hybridized carbons (Fsp3) is 0.273. The van der Waals surface area contributed by atoms with E-state index in [-0.39, 0.29) is 6.61 Å². The van der Waals surface area contributed by atoms with Crippen molar-refractivity contribution in [3.05, 3.63) is 77.5 Å². The van der Waals surface area contributed by atoms with E-state index in [4.69, 9.17) is 4.52 Å². The van der Waals surface area contributed by atoms with Crippen molar-refractivity contribution in [2.75, 3.05) is 13.7 Å². The van der Waals surface area contributed by atoms with Crippen LogP contribution >= 0.6 is 0 Å². The maximum absolute atomic E-state index is 12.1. The lowest BCUT2D eigenvalue weighted by atomic mass is 10.1. The number of halogens is 3. The summed E-state index contributed by atoms with van der Waals surface area (Å²) in [6, 6.07) is 18.7. The van der Waals surface area contributed by atoms with Gasteiger partial charge in [0.1, 0.15) is 12.3 Å². The molecule has 6 nitrogen and oxygen atoms in total. The minimum atomic E-state index is -4.32. The van der Waals surface area contributed by atoms with E-state index in [2.05, 4.69) is 25.5 Å². The first-order chi connectivity index (χ1) is 14.9. The molecule has 2 N–H and O–H groups in total. The molecule has 0 aliphatic carbocycles. The standard InChI is InChI=1S/C22H23F3N4O2/c1-26-21(28-13-19-11-20(31-29-19)18-5-3-2-4-6-18)27-12-16-7-9-17(10-8-16)14-30-15-22(23,24)25/h2-11H,12-15H2,1H3,(H2,26,27,28). The Hall–Kier alpha value is -3.33. The number of benzene rings is 2. The van der Waals surface area contributed by atoms with Crippen molar-refractivity contribution in [3.63, 3.8) is 0 Å². The molecular formula is C22H23F3N4O2. The molecule has 9 heteroatoms. The van der Waals surface area contributed by atoms with E-state index in [0.717, 1.165) is 16.8 Å². The first kappa shape index (κ1) is 22.4. The number of guanidine groups is 1. The van der Waals surface area contributed by atoms with Crippen LogP contribution in [0.15, 0.2) is 70.2 Å². The molecule has 2 aromatic carbocycles. The zero-order valence-corrected chi connectivity index (χ0v) is 16.9. The first-order valence-electron chi connectivity index (χ1n) is 9.61. The molecule has 0 bridgehead atoms. The topological polar surface area (TPSA) is 71.7 Å². The van der Waals surface area contributed by atoms with Gasteiger partial charge in [-0.3, -0.25) is 4.99 Å². The van der Waals surface area contributed by atoms with Crippen LogP contribution in [0.3, 0.4) is 0 Å². The summed E-state index contributed by atoms with van der Waals surface area (Å²) in [5.41, 5.74) is 3.33. The van der Waals surface area contributed by atoms with Crippen molar-refractivity contribution in [3.8, 4) is 11.3 Å². The number of nitrogens with one attached hydrogen (secondary N) is 2. The van der Waals surface area contributed by atoms with Gasteiger partial charge in [-0.1, -0.05) is 59.8 Å². The van der Waals surface area contributed by atoms with Gasteiger partial charge in [0.25, 0.3) is 0 Å². The van der Waals surface area contributed by atoms with Crippen molar-refractivity contribution < 1.29 is 22.4 Å². The highest BCUT2D eigenvalue weighted by atomic mass is 19.4. The van der Waals surface area contributed by atoms with Gasteiger partial charge >= 0.3 is 6.18 Å². The number of aliphatic imine (C=N–C) groups is 1. The smallest absolute Gasteiger partial charge is 0.367 e. The van der Waals surface area contributed by atoms with Crippen LogP contribution in [0.5, 0.6) is 0 Å². The van der Waals surface area contributed by atoms with Gasteiger partial charge in [-0.25, -0.2) is 0 Å². The van der Waals surface area contributed by atoms with E-state index in [1.807, 2.05) is 48.5 Å². The Morgan fingerprint density at radius 3 is 2.35 bits per heavy atom. The van der Waals surface area contributed by atoms with Crippen LogP contribution in [0.4, 0.5) is 13.2 Å². The molecule has 3 rings (SSSR count). The van der Waals surface area contributed by atoms with Gasteiger partial charge in [0.2, 0.25) is 0 Å². The number of nitrogens with zero attached hydrogens (tertiary/aromatic N) is 2. The molecule has 164 valence electrons. The summed E-state index contributed by atoms with van der Waals surface area (Å²) in [5, 5.41) is 10.4. The lowest BCUT2D eigenvalue weighted by Gasteiger charge is -2.11. The number of hydrogen-bond donors (Lipinski definition) is 2. The SMILES string of the molecule is CN=C(NCc1ccc(COCC(F)(F)F)cc1)NCc1cc(-c2ccccc2)on1. The van der Waals surface area contributed by atoms with Crippen LogP contribution in [0.2, 0.25) is 0 Å². The molecular weight excluding hydrogens is 409 g/mol. The normalized spacial score (nSPS) is 12.1. The van der Waals surface area contributed by atoms with Gasteiger partial charge < -0.3 is 19.9 Å². The first-order valence-corrected chi connectivity index (χ1v) is 9.61. The van der Waals surface area contributed by atoms with Gasteiger partial charge in [0.15, 0.2) is 11.7 Å². The monoisotopic (exact) mass is 432 g/mol. The number of aromatic nitrogens is 1. The summed E-state index contributed by atoms with van der Waals surface area (Å²) >= 11 is 0. The summed E-state index contributed by atoms with van der Waals surface area (Å²) in [4.78, 5) is 4.17. The van der Waals surface area contributed by atoms with Crippen LogP contribution in [0.1, 0.15) is 16.8 Å². The van der Waals surface area contributed by atoms with Gasteiger partial charge in [0.05, 0.1) is 13.2 Å². The number of hydrogen-bond acceptors (Lipinski definition) is 4. The van der Waals surface area contributed by atoms with E-state index < -0.39 is 12.8 Å². The Labute approximate surface area is 178 Å². The van der Waals surface area contributed by atoms with Crippen molar-refractivity contribution in [1.29, 1.82) is 0 Å². The molecule has 1 heterocycles. The van der Waals surface area contributed by atoms with Crippen LogP contribution in [0.25, 0.3) is 11.3 Å². The lowest BCUT2D eigenvalue weighted by molar-refractivity contribution is -0.176. The summed E-state index contributed by atoms with van der Waals surface area (Å²) in [6.07, 6.45) is -4.32. The highest BCUT2D eigenvalue weighted by molar-refractivity contribution is 5.79. The number of alkyl halides is 3. The molecule has 3 aromatic rings. The van der Waals surface area contributed by atoms with E-state index in [1.165, 1.54) is 0 Å². The third-order valence-electron chi connectivity index (χ3n) is 4.30. The Bertz CT molecular complexity index is 970. The van der Waals surface area contributed by atoms with Crippen molar-refractivity contribution in [2.45, 2.75) is 25.9 Å². The third kappa shape index (κ3) is 7.45. The lowest BCUT2D eigenvalue weighted by Crippen LogP contribution is -2.36. The fourth-order valence-electron chi connectivity index (χ4n) is 2.75. The second kappa shape index (κ2) is 10.6. The zero-order chi connectivity index (χ0) is 22.1. The number of rotatable bonds is 8. The van der Waals surface area contributed by atoms with Crippen LogP contribution in [0, 0.1) is 0 Å². The highest BCUT2D eigenvalue weighted by Gasteiger charge is 2.27. The van der Waals surface area contributed by atoms with Crippen LogP contribution in [-0.4, -0.2) is 30.9 Å². The second-order valence-corrected chi connectivity index (χ2v) is 6.75. The predicted octanol–water partition coefficient (Wildman–Crippen LogP) is 4.29. The van der Waals surface area contributed by atoms with Crippen molar-refractivity contribution >= 4 is 5.96 Å². The Morgan fingerprint density at radius 1 is 1.00 bits per heavy atom. The van der Waals surface area contributed by atoms with Gasteiger partial charge in [0, 0.05) is 25.2 Å². The highest BCUT2D eigenvalue weighted by Crippen LogP contribution is 2.19. The summed E-state index contributed by atoms with van der Waals surface area (Å²) in [5.74, 6) is 1.28. The predicted molar refractivity (Wildman–Crippen MR) is 111 cm³/mol. The summed E-state index contributed by atoms with van der Waals surface area (Å²) < 4.78 is 46.4. The molecule has 0 saturated heterocycles. The average molecular weight is 432 g/mol. The molecule has 0 fully saturated rings. The minimum absolute atomic E-state index is 0.0842. The molecule has 1 aromatic heterocycles. The quantitative estimate of drug-likeness (QED) is 0.411. The van der Waals surface area contributed by atoms with E-state index in [0.29, 0.717) is 30.4 Å². The molecule has 0 amide bonds. The van der Waals surface area contributed by atoms with Gasteiger partial charge in [-0.2, -0.15) is 13.2 Å². The van der Waals surface area contributed by atoms with Gasteiger partial charge in [-0.15, -0.1) is 0 Å². The Balaban J connectivity index is 1.44. The van der Waals surface area contributed by atoms with E-state index >= 15 is 0 Å². The molecule has 0 saturated carbocycles. The van der Waals surface area contributed by atoms with Crippen LogP contribution < -0.4 is 10.6 Å².